The molecule has 0 saturated heterocycles. The van der Waals surface area contributed by atoms with Gasteiger partial charge in [-0.2, -0.15) is 5.26 Å². The fourth-order valence-corrected chi connectivity index (χ4v) is 4.35. The third kappa shape index (κ3) is 26.6. The normalized spacial score (nSPS) is 8.74. The number of alkyl halides is 1. The second kappa shape index (κ2) is 26.8. The van der Waals surface area contributed by atoms with Crippen molar-refractivity contribution in [3.8, 4) is 6.07 Å². The Balaban J connectivity index is -0.000000531. The Morgan fingerprint density at radius 1 is 0.923 bits per heavy atom. The van der Waals surface area contributed by atoms with Crippen molar-refractivity contribution >= 4 is 51.4 Å². The minimum atomic E-state index is -1.50. The maximum Gasteiger partial charge on any atom is 0.335 e. The topological polar surface area (TPSA) is 214 Å². The van der Waals surface area contributed by atoms with Gasteiger partial charge in [-0.05, 0) is 72.9 Å². The van der Waals surface area contributed by atoms with Gasteiger partial charge in [-0.15, -0.1) is 43.8 Å². The van der Waals surface area contributed by atoms with E-state index in [1.807, 2.05) is 12.1 Å². The van der Waals surface area contributed by atoms with Crippen LogP contribution in [-0.2, 0) is 27.2 Å². The summed E-state index contributed by atoms with van der Waals surface area (Å²) in [6, 6.07) is 15.2. The first-order valence-corrected chi connectivity index (χ1v) is 13.5. The molecule has 2 aromatic carbocycles. The smallest absolute Gasteiger partial charge is 0.335 e. The number of carbonyl (C=O) groups is 2. The van der Waals surface area contributed by atoms with Crippen LogP contribution in [0.15, 0.2) is 58.3 Å². The van der Waals surface area contributed by atoms with Crippen LogP contribution in [0.2, 0.25) is 0 Å². The number of thioether (sulfide) groups is 2. The minimum Gasteiger partial charge on any atom is -0.478 e. The van der Waals surface area contributed by atoms with E-state index in [1.165, 1.54) is 30.8 Å². The SMILES string of the molecule is CC#N.O=C(O)c1ccc(SCCCBr)cc1.O=C(O)c1ccc(SCCCO[N+](=O)[O-])cc1.O=[N+]([O-])O.[Ag]. The van der Waals surface area contributed by atoms with E-state index in [1.54, 1.807) is 42.1 Å². The van der Waals surface area contributed by atoms with Crippen molar-refractivity contribution < 1.29 is 62.4 Å². The zero-order valence-corrected chi connectivity index (χ0v) is 25.1. The fourth-order valence-electron chi connectivity index (χ4n) is 2.02. The summed E-state index contributed by atoms with van der Waals surface area (Å²) in [4.78, 5) is 45.6. The van der Waals surface area contributed by atoms with Gasteiger partial charge in [0.05, 0.1) is 23.8 Å². The van der Waals surface area contributed by atoms with Crippen LogP contribution in [0.1, 0.15) is 40.5 Å². The molecule has 0 saturated carbocycles. The maximum atomic E-state index is 10.6. The molecule has 0 aromatic heterocycles. The van der Waals surface area contributed by atoms with Gasteiger partial charge >= 0.3 is 11.9 Å². The maximum absolute atomic E-state index is 10.6. The summed E-state index contributed by atoms with van der Waals surface area (Å²) >= 11 is 6.60. The molecule has 17 heteroatoms. The van der Waals surface area contributed by atoms with E-state index in [4.69, 9.17) is 30.8 Å². The van der Waals surface area contributed by atoms with Crippen LogP contribution in [0.25, 0.3) is 0 Å². The number of aromatic carboxylic acids is 2. The first-order chi connectivity index (χ1) is 18.0. The van der Waals surface area contributed by atoms with Gasteiger partial charge in [0.2, 0.25) is 0 Å². The van der Waals surface area contributed by atoms with Crippen LogP contribution >= 0.6 is 39.5 Å². The summed E-state index contributed by atoms with van der Waals surface area (Å²) in [5, 5.41) is 48.4. The third-order valence-electron chi connectivity index (χ3n) is 3.50. The standard InChI is InChI=1S/C10H11BrO2S.C10H11NO5S.C2H3N.Ag.HNO3/c11-6-1-7-14-9-4-2-8(3-5-9)10(12)13;12-10(13)8-2-4-9(5-3-8)17-7-1-6-16-11(14)15;1-2-3;;2-1(3)4/h2-5H,1,6-7H2,(H,12,13);2-5H,1,6-7H2,(H,12,13);1H3;;(H,2,3,4). The molecule has 0 aliphatic carbocycles. The van der Waals surface area contributed by atoms with Gasteiger partial charge in [0.25, 0.3) is 10.2 Å². The number of halogens is 1. The minimum absolute atomic E-state index is 0. The van der Waals surface area contributed by atoms with Gasteiger partial charge in [0.1, 0.15) is 0 Å². The molecular weight excluding hydrogens is 718 g/mol. The number of hydrogen-bond acceptors (Lipinski definition) is 10. The molecule has 0 unspecified atom stereocenters. The Kier molecular flexibility index (Phi) is 27.9. The molecule has 0 aliphatic heterocycles. The molecule has 0 atom stereocenters. The molecule has 3 N–H and O–H groups in total. The number of hydrogen-bond donors (Lipinski definition) is 3. The molecule has 13 nitrogen and oxygen atoms in total. The Labute approximate surface area is 256 Å². The molecule has 0 heterocycles. The predicted octanol–water partition coefficient (Wildman–Crippen LogP) is 5.52. The number of carboxylic acids is 2. The van der Waals surface area contributed by atoms with Crippen molar-refractivity contribution in [3.05, 3.63) is 79.9 Å². The Morgan fingerprint density at radius 3 is 1.54 bits per heavy atom. The molecule has 0 spiro atoms. The van der Waals surface area contributed by atoms with E-state index in [0.717, 1.165) is 27.3 Å². The fraction of sp³-hybridized carbons (Fsp3) is 0.318. The molecule has 0 bridgehead atoms. The predicted molar refractivity (Wildman–Crippen MR) is 144 cm³/mol. The second-order valence-corrected chi connectivity index (χ2v) is 9.40. The van der Waals surface area contributed by atoms with Crippen molar-refractivity contribution in [2.45, 2.75) is 29.6 Å². The first-order valence-electron chi connectivity index (χ1n) is 10.4. The van der Waals surface area contributed by atoms with Crippen molar-refractivity contribution in [2.75, 3.05) is 23.4 Å². The average molecular weight is 744 g/mol. The third-order valence-corrected chi connectivity index (χ3v) is 6.26. The van der Waals surface area contributed by atoms with Crippen molar-refractivity contribution in [1.29, 1.82) is 5.26 Å². The monoisotopic (exact) mass is 742 g/mol. The second-order valence-electron chi connectivity index (χ2n) is 6.27. The Morgan fingerprint density at radius 2 is 1.26 bits per heavy atom. The van der Waals surface area contributed by atoms with E-state index in [0.29, 0.717) is 17.7 Å². The Hall–Kier alpha value is -2.81. The molecule has 1 radical (unpaired) electrons. The summed E-state index contributed by atoms with van der Waals surface area (Å²) in [7, 11) is 0. The molecule has 2 rings (SSSR count). The number of nitriles is 1. The van der Waals surface area contributed by atoms with Gasteiger partial charge in [0.15, 0.2) is 0 Å². The van der Waals surface area contributed by atoms with Crippen molar-refractivity contribution in [2.24, 2.45) is 0 Å². The van der Waals surface area contributed by atoms with E-state index >= 15 is 0 Å². The van der Waals surface area contributed by atoms with Crippen LogP contribution in [-0.4, -0.2) is 61.0 Å². The van der Waals surface area contributed by atoms with Gasteiger partial charge < -0.3 is 20.3 Å². The van der Waals surface area contributed by atoms with Crippen LogP contribution in [0, 0.1) is 31.6 Å². The molecule has 0 fully saturated rings. The van der Waals surface area contributed by atoms with Crippen LogP contribution in [0.3, 0.4) is 0 Å². The average Bonchev–Trinajstić information content (AvgIpc) is 2.85. The molecule has 0 amide bonds. The summed E-state index contributed by atoms with van der Waals surface area (Å²) in [6.45, 7) is 1.51. The molecule has 2 aromatic rings. The molecule has 0 aliphatic rings. The quantitative estimate of drug-likeness (QED) is 0.0611. The summed E-state index contributed by atoms with van der Waals surface area (Å²) in [6.07, 6.45) is 1.68. The summed E-state index contributed by atoms with van der Waals surface area (Å²) in [5.74, 6) is -0.0966. The zero-order valence-electron chi connectivity index (χ0n) is 20.4. The number of nitrogens with zero attached hydrogens (tertiary/aromatic N) is 3. The molecule has 39 heavy (non-hydrogen) atoms. The van der Waals surface area contributed by atoms with E-state index in [2.05, 4.69) is 20.8 Å². The van der Waals surface area contributed by atoms with Gasteiger partial charge in [-0.25, -0.2) is 9.59 Å². The van der Waals surface area contributed by atoms with E-state index < -0.39 is 22.1 Å². The molecule has 219 valence electrons. The molecular formula is C22H26AgBrN3O10S2. The van der Waals surface area contributed by atoms with Crippen LogP contribution in [0.4, 0.5) is 0 Å². The summed E-state index contributed by atoms with van der Waals surface area (Å²) < 4.78 is 0. The van der Waals surface area contributed by atoms with Crippen LogP contribution < -0.4 is 0 Å². The largest absolute Gasteiger partial charge is 0.478 e. The van der Waals surface area contributed by atoms with E-state index in [9.17, 15) is 19.7 Å². The van der Waals surface area contributed by atoms with Crippen molar-refractivity contribution in [1.82, 2.24) is 0 Å². The van der Waals surface area contributed by atoms with Crippen molar-refractivity contribution in [3.63, 3.8) is 0 Å². The zero-order chi connectivity index (χ0) is 29.3. The van der Waals surface area contributed by atoms with Gasteiger partial charge in [-0.1, -0.05) is 15.9 Å². The number of carboxylic acid groups (broad SMARTS) is 2. The van der Waals surface area contributed by atoms with Crippen LogP contribution in [0.5, 0.6) is 0 Å². The first kappa shape index (κ1) is 40.7. The van der Waals surface area contributed by atoms with E-state index in [-0.39, 0.29) is 34.6 Å². The number of rotatable bonds is 12. The summed E-state index contributed by atoms with van der Waals surface area (Å²) in [5.41, 5.74) is 0.584. The Bertz CT molecular complexity index is 1020. The van der Waals surface area contributed by atoms with Gasteiger partial charge in [-0.3, -0.25) is 0 Å². The van der Waals surface area contributed by atoms with Gasteiger partial charge in [0, 0.05) is 44.4 Å². The number of benzene rings is 2.